The van der Waals surface area contributed by atoms with E-state index >= 15 is 0 Å². The molecule has 0 amide bonds. The van der Waals surface area contributed by atoms with E-state index in [9.17, 15) is 21.6 Å². The van der Waals surface area contributed by atoms with Crippen LogP contribution >= 0.6 is 11.6 Å². The zero-order chi connectivity index (χ0) is 23.1. The molecule has 176 valence electrons. The lowest BCUT2D eigenvalue weighted by atomic mass is 10.0. The van der Waals surface area contributed by atoms with Crippen LogP contribution in [0.15, 0.2) is 29.8 Å². The van der Waals surface area contributed by atoms with Gasteiger partial charge in [0.05, 0.1) is 36.2 Å². The topological polar surface area (TPSA) is 98.6 Å². The van der Waals surface area contributed by atoms with Gasteiger partial charge in [0.1, 0.15) is 5.82 Å². The van der Waals surface area contributed by atoms with Crippen LogP contribution in [0.1, 0.15) is 12.0 Å². The molecule has 0 saturated carbocycles. The molecule has 14 heteroatoms. The molecule has 0 radical (unpaired) electrons. The first-order valence-electron chi connectivity index (χ1n) is 9.76. The molecule has 2 atom stereocenters. The van der Waals surface area contributed by atoms with E-state index in [4.69, 9.17) is 21.1 Å². The summed E-state index contributed by atoms with van der Waals surface area (Å²) in [6, 6.07) is 0.184. The van der Waals surface area contributed by atoms with Gasteiger partial charge in [-0.1, -0.05) is 11.6 Å². The van der Waals surface area contributed by atoms with Crippen molar-refractivity contribution in [1.82, 2.24) is 18.8 Å². The van der Waals surface area contributed by atoms with Gasteiger partial charge in [0.25, 0.3) is 10.0 Å². The van der Waals surface area contributed by atoms with Gasteiger partial charge >= 0.3 is 6.18 Å². The highest BCUT2D eigenvalue weighted by atomic mass is 35.5. The molecule has 2 saturated heterocycles. The SMILES string of the molecule is Cn1cnc(S(=O)(=O)N2C[C@H](Nc3cc(C(F)(F)F)c(Cl)cn3)[C@H](C3OCCCO3)C2)c1. The van der Waals surface area contributed by atoms with E-state index in [1.54, 1.807) is 7.05 Å². The Morgan fingerprint density at radius 2 is 1.94 bits per heavy atom. The molecule has 32 heavy (non-hydrogen) atoms. The summed E-state index contributed by atoms with van der Waals surface area (Å²) in [5.74, 6) is -0.565. The number of alkyl halides is 3. The van der Waals surface area contributed by atoms with Crippen LogP contribution in [0.2, 0.25) is 5.02 Å². The molecule has 1 N–H and O–H groups in total. The van der Waals surface area contributed by atoms with Crippen LogP contribution in [0.4, 0.5) is 19.0 Å². The number of aryl methyl sites for hydroxylation is 1. The Kier molecular flexibility index (Phi) is 6.38. The molecule has 0 aliphatic carbocycles. The number of aromatic nitrogens is 3. The van der Waals surface area contributed by atoms with Gasteiger partial charge in [-0.05, 0) is 12.5 Å². The second-order valence-corrected chi connectivity index (χ2v) is 9.92. The molecular formula is C18H21ClF3N5O4S. The number of ether oxygens (including phenoxy) is 2. The predicted molar refractivity (Wildman–Crippen MR) is 107 cm³/mol. The molecule has 4 heterocycles. The van der Waals surface area contributed by atoms with Crippen LogP contribution in [0.3, 0.4) is 0 Å². The fourth-order valence-corrected chi connectivity index (χ4v) is 5.43. The van der Waals surface area contributed by atoms with Crippen molar-refractivity contribution in [2.45, 2.75) is 30.0 Å². The third-order valence-corrected chi connectivity index (χ3v) is 7.33. The normalized spacial score (nSPS) is 23.5. The third kappa shape index (κ3) is 4.71. The first-order chi connectivity index (χ1) is 15.1. The van der Waals surface area contributed by atoms with Crippen molar-refractivity contribution in [3.05, 3.63) is 35.4 Å². The first-order valence-corrected chi connectivity index (χ1v) is 11.6. The van der Waals surface area contributed by atoms with Crippen molar-refractivity contribution < 1.29 is 31.1 Å². The second-order valence-electron chi connectivity index (χ2n) is 7.62. The Labute approximate surface area is 187 Å². The summed E-state index contributed by atoms with van der Waals surface area (Å²) in [4.78, 5) is 7.86. The number of anilines is 1. The van der Waals surface area contributed by atoms with E-state index in [-0.39, 0.29) is 23.9 Å². The van der Waals surface area contributed by atoms with Crippen molar-refractivity contribution in [3.63, 3.8) is 0 Å². The molecule has 2 aliphatic heterocycles. The van der Waals surface area contributed by atoms with Crippen LogP contribution in [0.25, 0.3) is 0 Å². The van der Waals surface area contributed by atoms with E-state index in [0.717, 1.165) is 12.3 Å². The lowest BCUT2D eigenvalue weighted by Crippen LogP contribution is -2.41. The number of sulfonamides is 1. The van der Waals surface area contributed by atoms with Gasteiger partial charge in [0.15, 0.2) is 11.3 Å². The molecule has 0 bridgehead atoms. The maximum Gasteiger partial charge on any atom is 0.418 e. The number of halogens is 4. The molecule has 2 aromatic rings. The maximum atomic E-state index is 13.2. The van der Waals surface area contributed by atoms with Gasteiger partial charge in [-0.3, -0.25) is 0 Å². The summed E-state index contributed by atoms with van der Waals surface area (Å²) in [5, 5.41) is 2.28. The Morgan fingerprint density at radius 1 is 1.22 bits per heavy atom. The maximum absolute atomic E-state index is 13.2. The number of rotatable bonds is 5. The highest BCUT2D eigenvalue weighted by Gasteiger charge is 2.45. The van der Waals surface area contributed by atoms with Crippen molar-refractivity contribution in [1.29, 1.82) is 0 Å². The van der Waals surface area contributed by atoms with E-state index in [2.05, 4.69) is 15.3 Å². The monoisotopic (exact) mass is 495 g/mol. The Balaban J connectivity index is 1.61. The van der Waals surface area contributed by atoms with E-state index < -0.39 is 45.0 Å². The highest BCUT2D eigenvalue weighted by Crippen LogP contribution is 2.36. The molecule has 9 nitrogen and oxygen atoms in total. The second kappa shape index (κ2) is 8.78. The molecule has 0 aromatic carbocycles. The average molecular weight is 496 g/mol. The van der Waals surface area contributed by atoms with Gasteiger partial charge in [0.2, 0.25) is 0 Å². The number of nitrogens with zero attached hydrogens (tertiary/aromatic N) is 4. The molecule has 4 rings (SSSR count). The lowest BCUT2D eigenvalue weighted by Gasteiger charge is -2.31. The third-order valence-electron chi connectivity index (χ3n) is 5.31. The van der Waals surface area contributed by atoms with Crippen molar-refractivity contribution in [2.24, 2.45) is 13.0 Å². The van der Waals surface area contributed by atoms with Crippen LogP contribution in [-0.2, 0) is 32.7 Å². The Bertz CT molecular complexity index is 1070. The predicted octanol–water partition coefficient (Wildman–Crippen LogP) is 2.35. The quantitative estimate of drug-likeness (QED) is 0.680. The number of hydrogen-bond donors (Lipinski definition) is 1. The number of hydrogen-bond acceptors (Lipinski definition) is 7. The molecule has 2 fully saturated rings. The Hall–Kier alpha value is -1.93. The number of nitrogens with one attached hydrogen (secondary N) is 1. The summed E-state index contributed by atoms with van der Waals surface area (Å²) in [6.45, 7) is 0.899. The van der Waals surface area contributed by atoms with Crippen LogP contribution in [-0.4, -0.2) is 65.9 Å². The standard InChI is InChI=1S/C18H21ClF3N5O4S/c1-26-9-16(24-10-26)32(28,29)27-7-11(17-30-3-2-4-31-17)14(8-27)25-15-5-12(18(20,21)22)13(19)6-23-15/h5-6,9-11,14,17H,2-4,7-8H2,1H3,(H,23,25)/t11-,14+/m1/s1. The Morgan fingerprint density at radius 3 is 2.56 bits per heavy atom. The number of pyridine rings is 1. The van der Waals surface area contributed by atoms with Gasteiger partial charge in [0, 0.05) is 38.4 Å². The minimum atomic E-state index is -4.66. The summed E-state index contributed by atoms with van der Waals surface area (Å²) in [5.41, 5.74) is -1.03. The minimum Gasteiger partial charge on any atom is -0.365 e. The van der Waals surface area contributed by atoms with Crippen molar-refractivity contribution >= 4 is 27.4 Å². The molecular weight excluding hydrogens is 475 g/mol. The first kappa shape index (κ1) is 23.2. The van der Waals surface area contributed by atoms with Crippen molar-refractivity contribution in [3.8, 4) is 0 Å². The van der Waals surface area contributed by atoms with E-state index in [0.29, 0.717) is 19.6 Å². The zero-order valence-electron chi connectivity index (χ0n) is 16.9. The average Bonchev–Trinajstić information content (AvgIpc) is 3.36. The minimum absolute atomic E-state index is 0.0293. The molecule has 2 aromatic heterocycles. The van der Waals surface area contributed by atoms with Gasteiger partial charge < -0.3 is 19.4 Å². The summed E-state index contributed by atoms with van der Waals surface area (Å²) in [6.07, 6.45) is -0.998. The van der Waals surface area contributed by atoms with Crippen LogP contribution in [0.5, 0.6) is 0 Å². The lowest BCUT2D eigenvalue weighted by molar-refractivity contribution is -0.203. The van der Waals surface area contributed by atoms with Crippen molar-refractivity contribution in [2.75, 3.05) is 31.6 Å². The van der Waals surface area contributed by atoms with Gasteiger partial charge in [-0.25, -0.2) is 18.4 Å². The fourth-order valence-electron chi connectivity index (χ4n) is 3.75. The smallest absolute Gasteiger partial charge is 0.365 e. The van der Waals surface area contributed by atoms with Crippen LogP contribution < -0.4 is 5.32 Å². The van der Waals surface area contributed by atoms with Gasteiger partial charge in [-0.2, -0.15) is 17.5 Å². The largest absolute Gasteiger partial charge is 0.418 e. The zero-order valence-corrected chi connectivity index (χ0v) is 18.5. The van der Waals surface area contributed by atoms with E-state index in [1.165, 1.54) is 21.4 Å². The van der Waals surface area contributed by atoms with Crippen LogP contribution in [0, 0.1) is 5.92 Å². The summed E-state index contributed by atoms with van der Waals surface area (Å²) in [7, 11) is -2.27. The molecule has 2 aliphatic rings. The molecule has 0 unspecified atom stereocenters. The number of imidazole rings is 1. The summed E-state index contributed by atoms with van der Waals surface area (Å²) < 4.78 is 79.9. The van der Waals surface area contributed by atoms with E-state index in [1.807, 2.05) is 0 Å². The summed E-state index contributed by atoms with van der Waals surface area (Å²) >= 11 is 5.65. The fraction of sp³-hybridized carbons (Fsp3) is 0.556. The highest BCUT2D eigenvalue weighted by molar-refractivity contribution is 7.89. The molecule has 0 spiro atoms. The van der Waals surface area contributed by atoms with Gasteiger partial charge in [-0.15, -0.1) is 0 Å².